The van der Waals surface area contributed by atoms with Crippen molar-refractivity contribution in [3.05, 3.63) is 71.5 Å². The molecule has 29 heavy (non-hydrogen) atoms. The molecule has 0 bridgehead atoms. The lowest BCUT2D eigenvalue weighted by Crippen LogP contribution is -2.54. The van der Waals surface area contributed by atoms with E-state index >= 15 is 0 Å². The van der Waals surface area contributed by atoms with Crippen molar-refractivity contribution in [3.63, 3.8) is 0 Å². The third-order valence-corrected chi connectivity index (χ3v) is 6.72. The molecule has 1 saturated heterocycles. The van der Waals surface area contributed by atoms with Crippen LogP contribution in [-0.4, -0.2) is 35.7 Å². The van der Waals surface area contributed by atoms with Crippen molar-refractivity contribution in [2.75, 3.05) is 13.3 Å². The third-order valence-electron chi connectivity index (χ3n) is 5.55. The summed E-state index contributed by atoms with van der Waals surface area (Å²) in [5.74, 6) is -0.977. The Labute approximate surface area is 172 Å². The average Bonchev–Trinajstić information content (AvgIpc) is 2.74. The zero-order valence-corrected chi connectivity index (χ0v) is 16.8. The second kappa shape index (κ2) is 8.24. The third kappa shape index (κ3) is 3.81. The van der Waals surface area contributed by atoms with E-state index in [9.17, 15) is 13.6 Å². The Morgan fingerprint density at radius 2 is 1.97 bits per heavy atom. The first-order valence-electron chi connectivity index (χ1n) is 9.59. The summed E-state index contributed by atoms with van der Waals surface area (Å²) in [6.07, 6.45) is 0.504. The number of amides is 1. The quantitative estimate of drug-likeness (QED) is 0.811. The average molecular weight is 416 g/mol. The Morgan fingerprint density at radius 3 is 2.69 bits per heavy atom. The summed E-state index contributed by atoms with van der Waals surface area (Å²) in [7, 11) is 0. The first kappa shape index (κ1) is 20.0. The number of nitrogens with zero attached hydrogens (tertiary/aromatic N) is 1. The summed E-state index contributed by atoms with van der Waals surface area (Å²) < 4.78 is 34.8. The van der Waals surface area contributed by atoms with E-state index in [2.05, 4.69) is 5.32 Å². The van der Waals surface area contributed by atoms with Gasteiger partial charge < -0.3 is 10.1 Å². The molecule has 2 aliphatic heterocycles. The Bertz CT molecular complexity index is 924. The number of nitrogens with one attached hydrogen (secondary N) is 1. The molecule has 0 spiro atoms. The molecule has 4 nitrogen and oxygen atoms in total. The highest BCUT2D eigenvalue weighted by molar-refractivity contribution is 8.14. The number of fused-ring (bicyclic) bond motifs is 1. The van der Waals surface area contributed by atoms with Gasteiger partial charge in [0.15, 0.2) is 5.17 Å². The predicted molar refractivity (Wildman–Crippen MR) is 110 cm³/mol. The fourth-order valence-corrected chi connectivity index (χ4v) is 5.33. The van der Waals surface area contributed by atoms with Crippen LogP contribution >= 0.6 is 11.8 Å². The van der Waals surface area contributed by atoms with Crippen molar-refractivity contribution in [3.8, 4) is 0 Å². The van der Waals surface area contributed by atoms with Crippen LogP contribution in [0.2, 0.25) is 0 Å². The van der Waals surface area contributed by atoms with E-state index in [0.717, 1.165) is 0 Å². The molecule has 1 N–H and O–H groups in total. The Balaban J connectivity index is 1.76. The van der Waals surface area contributed by atoms with Crippen molar-refractivity contribution >= 4 is 22.8 Å². The molecule has 0 aromatic heterocycles. The highest BCUT2D eigenvalue weighted by atomic mass is 32.2. The van der Waals surface area contributed by atoms with E-state index in [1.807, 2.05) is 13.0 Å². The Kier molecular flexibility index (Phi) is 5.69. The van der Waals surface area contributed by atoms with Crippen molar-refractivity contribution < 1.29 is 18.3 Å². The maximum Gasteiger partial charge on any atom is 0.257 e. The number of thioether (sulfide) groups is 1. The van der Waals surface area contributed by atoms with Gasteiger partial charge in [0, 0.05) is 22.3 Å². The molecule has 7 heteroatoms. The zero-order valence-electron chi connectivity index (χ0n) is 16.0. The minimum absolute atomic E-state index is 0.0646. The summed E-state index contributed by atoms with van der Waals surface area (Å²) in [6.45, 7) is 1.47. The van der Waals surface area contributed by atoms with Gasteiger partial charge in [-0.3, -0.25) is 4.79 Å². The van der Waals surface area contributed by atoms with Crippen LogP contribution in [0.15, 0.2) is 59.6 Å². The summed E-state index contributed by atoms with van der Waals surface area (Å²) in [5, 5.41) is 2.62. The van der Waals surface area contributed by atoms with Gasteiger partial charge in [-0.05, 0) is 31.5 Å². The second-order valence-electron chi connectivity index (χ2n) is 7.42. The number of halogens is 2. The van der Waals surface area contributed by atoms with Crippen LogP contribution in [0.5, 0.6) is 0 Å². The number of benzene rings is 2. The number of carbonyl (C=O) groups is 1. The molecule has 0 saturated carbocycles. The maximum atomic E-state index is 14.8. The molecule has 0 radical (unpaired) electrons. The van der Waals surface area contributed by atoms with Gasteiger partial charge in [-0.2, -0.15) is 0 Å². The summed E-state index contributed by atoms with van der Waals surface area (Å²) in [6, 6.07) is 15.1. The van der Waals surface area contributed by atoms with E-state index < -0.39 is 23.3 Å². The van der Waals surface area contributed by atoms with Gasteiger partial charge >= 0.3 is 0 Å². The van der Waals surface area contributed by atoms with Crippen LogP contribution in [0.4, 0.5) is 8.78 Å². The topological polar surface area (TPSA) is 50.7 Å². The normalized spacial score (nSPS) is 28.9. The van der Waals surface area contributed by atoms with Crippen molar-refractivity contribution in [2.45, 2.75) is 30.2 Å². The summed E-state index contributed by atoms with van der Waals surface area (Å²) in [5.41, 5.74) is -0.218. The van der Waals surface area contributed by atoms with Crippen LogP contribution in [0.3, 0.4) is 0 Å². The standard InChI is InChI=1S/C22H22F2N2O2S/c1-14-11-17-19(12-23)29-21(25-20(27)15-7-3-2-4-8-15)26-22(17,13-28-14)16-9-5-6-10-18(16)24/h2-10,14,17,19H,11-13H2,1H3,(H,25,26,27)/t14-,17-,19+,22+/m0/s1. The number of amidine groups is 1. The maximum absolute atomic E-state index is 14.8. The second-order valence-corrected chi connectivity index (χ2v) is 8.64. The molecule has 0 unspecified atom stereocenters. The number of aliphatic imine (C=N–C) groups is 1. The molecular formula is C22H22F2N2O2S. The van der Waals surface area contributed by atoms with Gasteiger partial charge in [0.2, 0.25) is 0 Å². The first-order chi connectivity index (χ1) is 14.0. The number of rotatable bonds is 3. The number of hydrogen-bond acceptors (Lipinski definition) is 4. The molecule has 1 fully saturated rings. The van der Waals surface area contributed by atoms with E-state index in [1.165, 1.54) is 17.8 Å². The highest BCUT2D eigenvalue weighted by Gasteiger charge is 2.53. The molecule has 2 aromatic rings. The van der Waals surface area contributed by atoms with Gasteiger partial charge in [0.1, 0.15) is 18.0 Å². The Morgan fingerprint density at radius 1 is 1.24 bits per heavy atom. The SMILES string of the molecule is C[C@H]1C[C@H]2[C@@H](CF)SC(NC(=O)c3ccccc3)=N[C@@]2(c2ccccc2F)CO1. The van der Waals surface area contributed by atoms with Gasteiger partial charge in [-0.25, -0.2) is 13.8 Å². The number of alkyl halides is 1. The molecule has 152 valence electrons. The van der Waals surface area contributed by atoms with E-state index in [-0.39, 0.29) is 24.5 Å². The van der Waals surface area contributed by atoms with E-state index in [0.29, 0.717) is 22.7 Å². The minimum atomic E-state index is -1.07. The van der Waals surface area contributed by atoms with E-state index in [4.69, 9.17) is 9.73 Å². The smallest absolute Gasteiger partial charge is 0.257 e. The highest BCUT2D eigenvalue weighted by Crippen LogP contribution is 2.50. The number of ether oxygens (including phenoxy) is 1. The largest absolute Gasteiger partial charge is 0.376 e. The van der Waals surface area contributed by atoms with Crippen molar-refractivity contribution in [2.24, 2.45) is 10.9 Å². The lowest BCUT2D eigenvalue weighted by Gasteiger charge is -2.48. The molecule has 0 aliphatic carbocycles. The fraction of sp³-hybridized carbons (Fsp3) is 0.364. The Hall–Kier alpha value is -2.25. The number of carbonyl (C=O) groups excluding carboxylic acids is 1. The molecule has 4 atom stereocenters. The summed E-state index contributed by atoms with van der Waals surface area (Å²) >= 11 is 1.21. The zero-order chi connectivity index (χ0) is 20.4. The van der Waals surface area contributed by atoms with Crippen LogP contribution in [0.1, 0.15) is 29.3 Å². The van der Waals surface area contributed by atoms with Crippen LogP contribution < -0.4 is 5.32 Å². The first-order valence-corrected chi connectivity index (χ1v) is 10.5. The molecular weight excluding hydrogens is 394 g/mol. The monoisotopic (exact) mass is 416 g/mol. The van der Waals surface area contributed by atoms with Gasteiger partial charge in [0.05, 0.1) is 12.7 Å². The summed E-state index contributed by atoms with van der Waals surface area (Å²) in [4.78, 5) is 17.4. The van der Waals surface area contributed by atoms with Crippen molar-refractivity contribution in [1.82, 2.24) is 5.32 Å². The predicted octanol–water partition coefficient (Wildman–Crippen LogP) is 4.32. The van der Waals surface area contributed by atoms with Crippen LogP contribution in [-0.2, 0) is 10.3 Å². The lowest BCUT2D eigenvalue weighted by molar-refractivity contribution is -0.0558. The fourth-order valence-electron chi connectivity index (χ4n) is 4.11. The van der Waals surface area contributed by atoms with Gasteiger partial charge in [-0.15, -0.1) is 0 Å². The van der Waals surface area contributed by atoms with E-state index in [1.54, 1.807) is 42.5 Å². The van der Waals surface area contributed by atoms with Crippen LogP contribution in [0, 0.1) is 11.7 Å². The molecule has 1 amide bonds. The van der Waals surface area contributed by atoms with Gasteiger partial charge in [0.25, 0.3) is 5.91 Å². The molecule has 2 aromatic carbocycles. The van der Waals surface area contributed by atoms with Crippen molar-refractivity contribution in [1.29, 1.82) is 0 Å². The number of hydrogen-bond donors (Lipinski definition) is 1. The molecule has 2 heterocycles. The molecule has 2 aliphatic rings. The molecule has 4 rings (SSSR count). The van der Waals surface area contributed by atoms with Gasteiger partial charge in [-0.1, -0.05) is 48.2 Å². The van der Waals surface area contributed by atoms with Crippen LogP contribution in [0.25, 0.3) is 0 Å². The minimum Gasteiger partial charge on any atom is -0.376 e. The lowest BCUT2D eigenvalue weighted by atomic mass is 9.72.